The molecule has 2 rings (SSSR count). The van der Waals surface area contributed by atoms with E-state index < -0.39 is 17.9 Å². The van der Waals surface area contributed by atoms with Crippen molar-refractivity contribution in [2.45, 2.75) is 6.48 Å². The van der Waals surface area contributed by atoms with Crippen LogP contribution in [0.5, 0.6) is 34.5 Å². The van der Waals surface area contributed by atoms with Gasteiger partial charge in [-0.3, -0.25) is 4.79 Å². The van der Waals surface area contributed by atoms with Crippen LogP contribution >= 0.6 is 30.1 Å². The summed E-state index contributed by atoms with van der Waals surface area (Å²) in [5.74, 6) is 0.144. The van der Waals surface area contributed by atoms with Crippen molar-refractivity contribution >= 4 is 47.8 Å². The molecule has 0 bridgehead atoms. The lowest BCUT2D eigenvalue weighted by atomic mass is 10.2. The Kier molecular flexibility index (Phi) is 19.9. The SMILES string of the molecule is COC(OC)OC.COc1cc(O)c(C=O)cc1O.COc1cc(O)ccc1O.[Cl][Al]([Cl])[Cl]. The third-order valence-electron chi connectivity index (χ3n) is 3.20. The molecule has 0 aliphatic rings. The van der Waals surface area contributed by atoms with Crippen molar-refractivity contribution in [1.29, 1.82) is 0 Å². The Morgan fingerprint density at radius 3 is 1.55 bits per heavy atom. The van der Waals surface area contributed by atoms with Gasteiger partial charge < -0.3 is 44.1 Å². The Bertz CT molecular complexity index is 799. The van der Waals surface area contributed by atoms with Gasteiger partial charge in [0.25, 0.3) is 6.48 Å². The first-order valence-electron chi connectivity index (χ1n) is 8.62. The molecule has 0 aromatic heterocycles. The van der Waals surface area contributed by atoms with Crippen LogP contribution in [0.2, 0.25) is 0 Å². The molecule has 0 saturated heterocycles. The van der Waals surface area contributed by atoms with E-state index in [9.17, 15) is 4.79 Å². The zero-order chi connectivity index (χ0) is 26.0. The maximum atomic E-state index is 10.3. The number of ether oxygens (including phenoxy) is 5. The highest BCUT2D eigenvalue weighted by Gasteiger charge is 2.07. The van der Waals surface area contributed by atoms with Gasteiger partial charge in [-0.1, -0.05) is 0 Å². The van der Waals surface area contributed by atoms with Crippen LogP contribution in [0.3, 0.4) is 0 Å². The second-order valence-electron chi connectivity index (χ2n) is 5.30. The molecule has 0 radical (unpaired) electrons. The summed E-state index contributed by atoms with van der Waals surface area (Å²) in [6.45, 7) is -0.514. The van der Waals surface area contributed by atoms with Crippen LogP contribution in [0.1, 0.15) is 10.4 Å². The van der Waals surface area contributed by atoms with E-state index in [0.717, 1.165) is 6.07 Å². The van der Waals surface area contributed by atoms with Crippen molar-refractivity contribution in [3.05, 3.63) is 35.9 Å². The summed E-state index contributed by atoms with van der Waals surface area (Å²) < 4.78 is 23.2. The van der Waals surface area contributed by atoms with Crippen LogP contribution < -0.4 is 9.47 Å². The molecule has 14 heteroatoms. The molecule has 10 nitrogen and oxygen atoms in total. The fourth-order valence-electron chi connectivity index (χ4n) is 1.79. The molecule has 2 aromatic carbocycles. The number of aldehydes is 1. The summed E-state index contributed by atoms with van der Waals surface area (Å²) in [7, 11) is 22.1. The van der Waals surface area contributed by atoms with Crippen molar-refractivity contribution in [3.63, 3.8) is 0 Å². The van der Waals surface area contributed by atoms with Gasteiger partial charge in [0.1, 0.15) is 11.5 Å². The minimum absolute atomic E-state index is 0.0281. The average Bonchev–Trinajstić information content (AvgIpc) is 2.78. The molecule has 0 aliphatic carbocycles. The lowest BCUT2D eigenvalue weighted by molar-refractivity contribution is -0.252. The van der Waals surface area contributed by atoms with Gasteiger partial charge in [0.05, 0.1) is 19.8 Å². The topological polar surface area (TPSA) is 144 Å². The zero-order valence-corrected chi connectivity index (χ0v) is 21.9. The maximum Gasteiger partial charge on any atom is 0.643 e. The van der Waals surface area contributed by atoms with Gasteiger partial charge in [-0.05, 0) is 18.2 Å². The van der Waals surface area contributed by atoms with Crippen LogP contribution in [0.25, 0.3) is 0 Å². The first-order chi connectivity index (χ1) is 15.5. The third kappa shape index (κ3) is 15.6. The summed E-state index contributed by atoms with van der Waals surface area (Å²) in [5.41, 5.74) is 0.0355. The number of hydrogen-bond acceptors (Lipinski definition) is 10. The Morgan fingerprint density at radius 1 is 0.758 bits per heavy atom. The van der Waals surface area contributed by atoms with Gasteiger partial charge in [-0.2, -0.15) is 0 Å². The lowest BCUT2D eigenvalue weighted by Crippen LogP contribution is -2.14. The molecule has 0 spiro atoms. The van der Waals surface area contributed by atoms with Gasteiger partial charge in [0.2, 0.25) is 0 Å². The average molecular weight is 548 g/mol. The van der Waals surface area contributed by atoms with Crippen molar-refractivity contribution < 1.29 is 48.9 Å². The van der Waals surface area contributed by atoms with Crippen molar-refractivity contribution in [1.82, 2.24) is 0 Å². The van der Waals surface area contributed by atoms with Gasteiger partial charge in [-0.25, -0.2) is 30.1 Å². The minimum atomic E-state index is -1.72. The number of aromatic hydroxyl groups is 4. The highest BCUT2D eigenvalue weighted by molar-refractivity contribution is 7.54. The van der Waals surface area contributed by atoms with Gasteiger partial charge in [0, 0.05) is 33.5 Å². The summed E-state index contributed by atoms with van der Waals surface area (Å²) in [6.07, 6.45) is 0.453. The highest BCUT2D eigenvalue weighted by atomic mass is 35.8. The number of hydrogen-bond donors (Lipinski definition) is 4. The van der Waals surface area contributed by atoms with E-state index >= 15 is 0 Å². The summed E-state index contributed by atoms with van der Waals surface area (Å²) >= 11 is -1.72. The first kappa shape index (κ1) is 33.4. The predicted octanol–water partition coefficient (Wildman–Crippen LogP) is 3.92. The smallest absolute Gasteiger partial charge is 0.508 e. The number of carbonyl (C=O) groups is 1. The summed E-state index contributed by atoms with van der Waals surface area (Å²) in [6, 6.07) is 6.42. The molecule has 0 unspecified atom stereocenters. The number of rotatable bonds is 6. The molecule has 0 heterocycles. The van der Waals surface area contributed by atoms with Crippen LogP contribution in [0.15, 0.2) is 30.3 Å². The largest absolute Gasteiger partial charge is 0.643 e. The monoisotopic (exact) mass is 546 g/mol. The number of phenols is 4. The van der Waals surface area contributed by atoms with Crippen molar-refractivity contribution in [3.8, 4) is 34.5 Å². The van der Waals surface area contributed by atoms with Crippen LogP contribution in [-0.4, -0.2) is 80.1 Å². The molecule has 0 atom stereocenters. The van der Waals surface area contributed by atoms with Gasteiger partial charge >= 0.3 is 11.4 Å². The van der Waals surface area contributed by atoms with Crippen molar-refractivity contribution in [2.24, 2.45) is 0 Å². The lowest BCUT2D eigenvalue weighted by Gasteiger charge is -2.08. The second kappa shape index (κ2) is 19.6. The van der Waals surface area contributed by atoms with Crippen LogP contribution in [0, 0.1) is 0 Å². The number of benzene rings is 2. The molecule has 4 N–H and O–H groups in total. The van der Waals surface area contributed by atoms with E-state index in [1.807, 2.05) is 0 Å². The van der Waals surface area contributed by atoms with E-state index in [-0.39, 0.29) is 40.1 Å². The Balaban J connectivity index is 0. The quantitative estimate of drug-likeness (QED) is 0.182. The molecule has 2 aromatic rings. The Morgan fingerprint density at radius 2 is 1.21 bits per heavy atom. The summed E-state index contributed by atoms with van der Waals surface area (Å²) in [5, 5.41) is 36.2. The maximum absolute atomic E-state index is 10.3. The fourth-order valence-corrected chi connectivity index (χ4v) is 1.79. The van der Waals surface area contributed by atoms with Gasteiger partial charge in [-0.15, -0.1) is 0 Å². The predicted molar refractivity (Wildman–Crippen MR) is 126 cm³/mol. The van der Waals surface area contributed by atoms with E-state index in [0.29, 0.717) is 6.29 Å². The molecular weight excluding hydrogens is 522 g/mol. The number of halogens is 3. The molecule has 0 saturated carbocycles. The Labute approximate surface area is 208 Å². The molecule has 0 fully saturated rings. The minimum Gasteiger partial charge on any atom is -0.508 e. The first-order valence-corrected chi connectivity index (χ1v) is 13.9. The number of phenolic OH excluding ortho intramolecular Hbond substituents is 4. The molecule has 186 valence electrons. The van der Waals surface area contributed by atoms with E-state index in [1.54, 1.807) is 0 Å². The van der Waals surface area contributed by atoms with Crippen molar-refractivity contribution in [2.75, 3.05) is 35.5 Å². The molecule has 0 amide bonds. The highest BCUT2D eigenvalue weighted by Crippen LogP contribution is 2.32. The molecule has 33 heavy (non-hydrogen) atoms. The van der Waals surface area contributed by atoms with E-state index in [2.05, 4.69) is 14.2 Å². The molecular formula is C19H26AlCl3O10. The number of methoxy groups -OCH3 is 5. The fraction of sp³-hybridized carbons (Fsp3) is 0.316. The van der Waals surface area contributed by atoms with Crippen LogP contribution in [-0.2, 0) is 14.2 Å². The normalized spacial score (nSPS) is 9.24. The Hall–Kier alpha value is -1.81. The van der Waals surface area contributed by atoms with Crippen LogP contribution in [0.4, 0.5) is 0 Å². The van der Waals surface area contributed by atoms with E-state index in [1.165, 1.54) is 59.8 Å². The number of carbonyl (C=O) groups excluding carboxylic acids is 1. The summed E-state index contributed by atoms with van der Waals surface area (Å²) in [4.78, 5) is 10.3. The molecule has 0 aliphatic heterocycles. The second-order valence-corrected chi connectivity index (χ2v) is 11.7. The zero-order valence-electron chi connectivity index (χ0n) is 18.5. The van der Waals surface area contributed by atoms with Gasteiger partial charge in [0.15, 0.2) is 29.3 Å². The third-order valence-corrected chi connectivity index (χ3v) is 3.20. The van der Waals surface area contributed by atoms with E-state index in [4.69, 9.17) is 60.0 Å². The standard InChI is InChI=1S/C8H8O4.C7H8O3.C4H10O3.Al.3ClH/c1-12-8-3-6(10)5(4-9)2-7(8)11;1-10-7-4-5(8)2-3-6(7)9;1-5-4(6-2)7-3;;;;/h2-4,10-11H,1H3;2-4,8-9H,1H3;4H,1-3H3;;3*1H/q;;;+3;;;/p-3.